The number of hydrogen-bond donors (Lipinski definition) is 1. The Morgan fingerprint density at radius 3 is 1.59 bits per heavy atom. The summed E-state index contributed by atoms with van der Waals surface area (Å²) >= 11 is 0. The SMILES string of the molecule is CC1COC(C2CC(C(C)(C)C)C(O)C(C(C)(C)C)C2)OC1. The molecule has 1 aliphatic carbocycles. The van der Waals surface area contributed by atoms with E-state index < -0.39 is 0 Å². The molecule has 0 aromatic rings. The molecule has 2 fully saturated rings. The van der Waals surface area contributed by atoms with Crippen LogP contribution in [-0.2, 0) is 9.47 Å². The third kappa shape index (κ3) is 4.04. The van der Waals surface area contributed by atoms with Gasteiger partial charge in [0.05, 0.1) is 19.3 Å². The highest BCUT2D eigenvalue weighted by molar-refractivity contribution is 4.96. The molecule has 1 saturated heterocycles. The van der Waals surface area contributed by atoms with Crippen LogP contribution in [-0.4, -0.2) is 30.7 Å². The molecule has 2 rings (SSSR count). The molecule has 0 aromatic heterocycles. The predicted molar refractivity (Wildman–Crippen MR) is 89.5 cm³/mol. The minimum absolute atomic E-state index is 0.0848. The first-order valence-corrected chi connectivity index (χ1v) is 8.91. The number of hydrogen-bond acceptors (Lipinski definition) is 3. The molecule has 0 radical (unpaired) electrons. The molecule has 2 aliphatic rings. The highest BCUT2D eigenvalue weighted by atomic mass is 16.7. The van der Waals surface area contributed by atoms with Gasteiger partial charge in [0, 0.05) is 11.8 Å². The molecule has 1 N–H and O–H groups in total. The van der Waals surface area contributed by atoms with E-state index in [0.717, 1.165) is 26.1 Å². The molecule has 2 unspecified atom stereocenters. The van der Waals surface area contributed by atoms with Gasteiger partial charge in [-0.3, -0.25) is 0 Å². The summed E-state index contributed by atoms with van der Waals surface area (Å²) in [4.78, 5) is 0. The standard InChI is InChI=1S/C19H36O3/c1-12-10-21-17(22-11-12)13-8-14(18(2,3)4)16(20)15(9-13)19(5,6)7/h12-17,20H,8-11H2,1-7H3. The molecule has 130 valence electrons. The second kappa shape index (κ2) is 6.41. The Bertz CT molecular complexity index is 334. The summed E-state index contributed by atoms with van der Waals surface area (Å²) < 4.78 is 12.0. The zero-order chi connectivity index (χ0) is 16.7. The molecular weight excluding hydrogens is 276 g/mol. The lowest BCUT2D eigenvalue weighted by atomic mass is 9.58. The van der Waals surface area contributed by atoms with Crippen molar-refractivity contribution in [2.45, 2.75) is 73.7 Å². The van der Waals surface area contributed by atoms with Gasteiger partial charge >= 0.3 is 0 Å². The summed E-state index contributed by atoms with van der Waals surface area (Å²) in [6.07, 6.45) is 1.67. The van der Waals surface area contributed by atoms with E-state index >= 15 is 0 Å². The Morgan fingerprint density at radius 1 is 0.818 bits per heavy atom. The summed E-state index contributed by atoms with van der Waals surface area (Å²) in [6.45, 7) is 17.2. The van der Waals surface area contributed by atoms with Gasteiger partial charge in [-0.1, -0.05) is 48.5 Å². The number of aliphatic hydroxyl groups is 1. The average Bonchev–Trinajstić information content (AvgIpc) is 2.37. The molecule has 0 spiro atoms. The Morgan fingerprint density at radius 2 is 1.23 bits per heavy atom. The molecule has 22 heavy (non-hydrogen) atoms. The second-order valence-electron chi connectivity index (χ2n) is 9.81. The third-order valence-corrected chi connectivity index (χ3v) is 5.64. The van der Waals surface area contributed by atoms with E-state index in [0.29, 0.717) is 23.7 Å². The second-order valence-corrected chi connectivity index (χ2v) is 9.81. The van der Waals surface area contributed by atoms with Gasteiger partial charge in [0.1, 0.15) is 0 Å². The van der Waals surface area contributed by atoms with E-state index in [1.165, 1.54) is 0 Å². The fourth-order valence-corrected chi connectivity index (χ4v) is 4.15. The van der Waals surface area contributed by atoms with Crippen LogP contribution in [0.5, 0.6) is 0 Å². The van der Waals surface area contributed by atoms with Gasteiger partial charge in [0.15, 0.2) is 6.29 Å². The molecule has 1 aliphatic heterocycles. The van der Waals surface area contributed by atoms with Crippen LogP contribution in [0, 0.1) is 34.5 Å². The predicted octanol–water partition coefficient (Wildman–Crippen LogP) is 4.09. The lowest BCUT2D eigenvalue weighted by Crippen LogP contribution is -2.51. The van der Waals surface area contributed by atoms with Gasteiger partial charge in [0.2, 0.25) is 0 Å². The Kier molecular flexibility index (Phi) is 5.31. The van der Waals surface area contributed by atoms with E-state index in [9.17, 15) is 5.11 Å². The van der Waals surface area contributed by atoms with Crippen LogP contribution in [0.1, 0.15) is 61.3 Å². The number of rotatable bonds is 1. The maximum atomic E-state index is 11.0. The normalized spacial score (nSPS) is 41.5. The van der Waals surface area contributed by atoms with Crippen LogP contribution < -0.4 is 0 Å². The number of aliphatic hydroxyl groups excluding tert-OH is 1. The number of ether oxygens (including phenoxy) is 2. The van der Waals surface area contributed by atoms with Crippen molar-refractivity contribution in [2.75, 3.05) is 13.2 Å². The van der Waals surface area contributed by atoms with Gasteiger partial charge < -0.3 is 14.6 Å². The average molecular weight is 312 g/mol. The van der Waals surface area contributed by atoms with Crippen LogP contribution in [0.3, 0.4) is 0 Å². The van der Waals surface area contributed by atoms with Crippen molar-refractivity contribution < 1.29 is 14.6 Å². The van der Waals surface area contributed by atoms with Gasteiger partial charge in [-0.05, 0) is 35.5 Å². The van der Waals surface area contributed by atoms with E-state index in [1.54, 1.807) is 0 Å². The van der Waals surface area contributed by atoms with E-state index in [1.807, 2.05) is 0 Å². The zero-order valence-electron chi connectivity index (χ0n) is 15.6. The van der Waals surface area contributed by atoms with Crippen molar-refractivity contribution in [3.63, 3.8) is 0 Å². The smallest absolute Gasteiger partial charge is 0.160 e. The van der Waals surface area contributed by atoms with Crippen LogP contribution in [0.4, 0.5) is 0 Å². The maximum Gasteiger partial charge on any atom is 0.160 e. The molecule has 1 saturated carbocycles. The molecule has 1 heterocycles. The summed E-state index contributed by atoms with van der Waals surface area (Å²) in [5, 5.41) is 11.0. The van der Waals surface area contributed by atoms with Crippen molar-refractivity contribution >= 4 is 0 Å². The van der Waals surface area contributed by atoms with Crippen molar-refractivity contribution in [3.05, 3.63) is 0 Å². The van der Waals surface area contributed by atoms with Gasteiger partial charge in [-0.2, -0.15) is 0 Å². The van der Waals surface area contributed by atoms with Crippen molar-refractivity contribution in [3.8, 4) is 0 Å². The summed E-state index contributed by atoms with van der Waals surface area (Å²) in [6, 6.07) is 0. The Hall–Kier alpha value is -0.120. The summed E-state index contributed by atoms with van der Waals surface area (Å²) in [7, 11) is 0. The minimum Gasteiger partial charge on any atom is -0.393 e. The molecule has 2 atom stereocenters. The fraction of sp³-hybridized carbons (Fsp3) is 1.00. The van der Waals surface area contributed by atoms with Crippen LogP contribution in [0.2, 0.25) is 0 Å². The highest BCUT2D eigenvalue weighted by Gasteiger charge is 2.48. The monoisotopic (exact) mass is 312 g/mol. The van der Waals surface area contributed by atoms with E-state index in [-0.39, 0.29) is 23.2 Å². The quantitative estimate of drug-likeness (QED) is 0.792. The summed E-state index contributed by atoms with van der Waals surface area (Å²) in [5.41, 5.74) is 0.201. The highest BCUT2D eigenvalue weighted by Crippen LogP contribution is 2.49. The van der Waals surface area contributed by atoms with Crippen molar-refractivity contribution in [2.24, 2.45) is 34.5 Å². The van der Waals surface area contributed by atoms with Gasteiger partial charge in [0.25, 0.3) is 0 Å². The molecule has 3 nitrogen and oxygen atoms in total. The molecule has 3 heteroatoms. The largest absolute Gasteiger partial charge is 0.393 e. The molecule has 0 amide bonds. The van der Waals surface area contributed by atoms with Crippen LogP contribution in [0.25, 0.3) is 0 Å². The summed E-state index contributed by atoms with van der Waals surface area (Å²) in [5.74, 6) is 1.47. The first kappa shape index (κ1) is 18.2. The lowest BCUT2D eigenvalue weighted by Gasteiger charge is -2.51. The van der Waals surface area contributed by atoms with Crippen molar-refractivity contribution in [1.29, 1.82) is 0 Å². The fourth-order valence-electron chi connectivity index (χ4n) is 4.15. The molecule has 0 bridgehead atoms. The Labute approximate surface area is 136 Å². The first-order valence-electron chi connectivity index (χ1n) is 8.91. The van der Waals surface area contributed by atoms with Crippen LogP contribution >= 0.6 is 0 Å². The molecule has 0 aromatic carbocycles. The lowest BCUT2D eigenvalue weighted by molar-refractivity contribution is -0.240. The third-order valence-electron chi connectivity index (χ3n) is 5.64. The van der Waals surface area contributed by atoms with Gasteiger partial charge in [-0.25, -0.2) is 0 Å². The first-order chi connectivity index (χ1) is 10.00. The van der Waals surface area contributed by atoms with Crippen LogP contribution in [0.15, 0.2) is 0 Å². The molecular formula is C19H36O3. The van der Waals surface area contributed by atoms with E-state index in [4.69, 9.17) is 9.47 Å². The van der Waals surface area contributed by atoms with Crippen molar-refractivity contribution in [1.82, 2.24) is 0 Å². The Balaban J connectivity index is 2.17. The minimum atomic E-state index is -0.237. The van der Waals surface area contributed by atoms with E-state index in [2.05, 4.69) is 48.5 Å². The zero-order valence-corrected chi connectivity index (χ0v) is 15.6. The topological polar surface area (TPSA) is 38.7 Å². The maximum absolute atomic E-state index is 11.0. The van der Waals surface area contributed by atoms with Gasteiger partial charge in [-0.15, -0.1) is 0 Å².